The zero-order chi connectivity index (χ0) is 17.3. The van der Waals surface area contributed by atoms with Gasteiger partial charge in [0.1, 0.15) is 6.10 Å². The summed E-state index contributed by atoms with van der Waals surface area (Å²) in [5, 5.41) is 0. The Morgan fingerprint density at radius 2 is 1.42 bits per heavy atom. The molecule has 24 heavy (non-hydrogen) atoms. The first-order valence-electron chi connectivity index (χ1n) is 9.95. The number of allylic oxidation sites excluding steroid dienone is 2. The van der Waals surface area contributed by atoms with Gasteiger partial charge in [-0.1, -0.05) is 38.8 Å². The average Bonchev–Trinajstić information content (AvgIpc) is 2.58. The molecule has 0 heterocycles. The van der Waals surface area contributed by atoms with Gasteiger partial charge in [0.15, 0.2) is 0 Å². The second kappa shape index (κ2) is 5.45. The van der Waals surface area contributed by atoms with Crippen LogP contribution in [0.4, 0.5) is 0 Å². The highest BCUT2D eigenvalue weighted by Gasteiger charge is 2.58. The molecule has 0 amide bonds. The molecule has 134 valence electrons. The molecule has 5 rings (SSSR count). The van der Waals surface area contributed by atoms with Gasteiger partial charge in [0.25, 0.3) is 0 Å². The molecule has 0 aliphatic heterocycles. The van der Waals surface area contributed by atoms with Gasteiger partial charge in [-0.25, -0.2) is 0 Å². The maximum Gasteiger partial charge on any atom is 0.103 e. The normalized spacial score (nSPS) is 47.8. The second-order valence-corrected chi connectivity index (χ2v) is 9.21. The van der Waals surface area contributed by atoms with Crippen molar-refractivity contribution in [3.8, 4) is 0 Å². The van der Waals surface area contributed by atoms with Crippen molar-refractivity contribution < 1.29 is 9.47 Å². The number of hydrogen-bond donors (Lipinski definition) is 0. The average molecular weight is 331 g/mol. The quantitative estimate of drug-likeness (QED) is 0.641. The number of fused-ring (bicyclic) bond motifs is 2. The molecule has 0 aromatic heterocycles. The van der Waals surface area contributed by atoms with Crippen LogP contribution in [0.25, 0.3) is 0 Å². The Balaban J connectivity index is 1.95. The fourth-order valence-corrected chi connectivity index (χ4v) is 6.79. The standard InChI is InChI=1S/C22H34O2/c1-13-7-8-14(2)17-16(13)15(3)18-19(20(17)23-5)22(24-6)11-9-21(18,4)10-12-22/h13-15,20H,7-12H2,1-6H3. The summed E-state index contributed by atoms with van der Waals surface area (Å²) in [6.45, 7) is 9.83. The third kappa shape index (κ3) is 1.96. The van der Waals surface area contributed by atoms with Crippen molar-refractivity contribution in [3.05, 3.63) is 22.3 Å². The Bertz CT molecular complexity index is 603. The van der Waals surface area contributed by atoms with Crippen LogP contribution in [0.3, 0.4) is 0 Å². The molecule has 2 bridgehead atoms. The number of rotatable bonds is 2. The SMILES string of the molecule is COC1C2=C(C(C)CCC2C)C(C)C2=C1C1(OC)CCC2(C)CC1. The molecule has 0 saturated heterocycles. The van der Waals surface area contributed by atoms with Crippen LogP contribution in [-0.4, -0.2) is 25.9 Å². The minimum Gasteiger partial charge on any atom is -0.374 e. The maximum absolute atomic E-state index is 6.24. The Morgan fingerprint density at radius 1 is 0.833 bits per heavy atom. The van der Waals surface area contributed by atoms with Gasteiger partial charge in [0, 0.05) is 14.2 Å². The predicted molar refractivity (Wildman–Crippen MR) is 97.9 cm³/mol. The van der Waals surface area contributed by atoms with Gasteiger partial charge in [0.2, 0.25) is 0 Å². The van der Waals surface area contributed by atoms with E-state index in [4.69, 9.17) is 9.47 Å². The molecule has 1 saturated carbocycles. The summed E-state index contributed by atoms with van der Waals surface area (Å²) in [5.41, 5.74) is 6.81. The third-order valence-corrected chi connectivity index (χ3v) is 8.09. The Hall–Kier alpha value is -0.600. The van der Waals surface area contributed by atoms with Crippen molar-refractivity contribution in [2.75, 3.05) is 14.2 Å². The lowest BCUT2D eigenvalue weighted by Crippen LogP contribution is -2.55. The molecular formula is C22H34O2. The minimum absolute atomic E-state index is 0.0685. The number of ether oxygens (including phenoxy) is 2. The number of hydrogen-bond acceptors (Lipinski definition) is 2. The second-order valence-electron chi connectivity index (χ2n) is 9.21. The minimum atomic E-state index is -0.0685. The van der Waals surface area contributed by atoms with Crippen molar-refractivity contribution in [1.29, 1.82) is 0 Å². The molecule has 5 aliphatic rings. The van der Waals surface area contributed by atoms with Crippen molar-refractivity contribution in [1.82, 2.24) is 0 Å². The highest BCUT2D eigenvalue weighted by atomic mass is 16.5. The van der Waals surface area contributed by atoms with E-state index in [1.807, 2.05) is 14.2 Å². The zero-order valence-electron chi connectivity index (χ0n) is 16.4. The molecule has 0 aromatic carbocycles. The van der Waals surface area contributed by atoms with Crippen molar-refractivity contribution in [2.45, 2.75) is 77.9 Å². The summed E-state index contributed by atoms with van der Waals surface area (Å²) in [4.78, 5) is 0. The number of methoxy groups -OCH3 is 2. The molecular weight excluding hydrogens is 296 g/mol. The van der Waals surface area contributed by atoms with E-state index in [1.54, 1.807) is 16.7 Å². The van der Waals surface area contributed by atoms with Crippen LogP contribution < -0.4 is 0 Å². The van der Waals surface area contributed by atoms with Gasteiger partial charge in [0.05, 0.1) is 5.60 Å². The van der Waals surface area contributed by atoms with E-state index in [2.05, 4.69) is 27.7 Å². The van der Waals surface area contributed by atoms with Crippen molar-refractivity contribution >= 4 is 0 Å². The summed E-state index contributed by atoms with van der Waals surface area (Å²) in [7, 11) is 3.84. The fourth-order valence-electron chi connectivity index (χ4n) is 6.79. The Labute approximate surface area is 147 Å². The first-order valence-corrected chi connectivity index (χ1v) is 9.95. The highest BCUT2D eigenvalue weighted by molar-refractivity contribution is 5.53. The summed E-state index contributed by atoms with van der Waals surface area (Å²) >= 11 is 0. The lowest BCUT2D eigenvalue weighted by atomic mass is 9.49. The van der Waals surface area contributed by atoms with E-state index in [0.29, 0.717) is 23.2 Å². The van der Waals surface area contributed by atoms with Crippen molar-refractivity contribution in [3.63, 3.8) is 0 Å². The highest BCUT2D eigenvalue weighted by Crippen LogP contribution is 2.64. The van der Waals surface area contributed by atoms with E-state index >= 15 is 0 Å². The van der Waals surface area contributed by atoms with E-state index in [-0.39, 0.29) is 11.7 Å². The van der Waals surface area contributed by atoms with Crippen LogP contribution >= 0.6 is 0 Å². The van der Waals surface area contributed by atoms with Gasteiger partial charge in [-0.15, -0.1) is 0 Å². The molecule has 4 unspecified atom stereocenters. The third-order valence-electron chi connectivity index (χ3n) is 8.09. The smallest absolute Gasteiger partial charge is 0.103 e. The molecule has 2 heteroatoms. The van der Waals surface area contributed by atoms with Gasteiger partial charge < -0.3 is 9.47 Å². The van der Waals surface area contributed by atoms with Crippen LogP contribution in [0.5, 0.6) is 0 Å². The monoisotopic (exact) mass is 330 g/mol. The molecule has 2 nitrogen and oxygen atoms in total. The summed E-state index contributed by atoms with van der Waals surface area (Å²) in [6, 6.07) is 0. The molecule has 1 fully saturated rings. The van der Waals surface area contributed by atoms with E-state index in [9.17, 15) is 0 Å². The molecule has 4 atom stereocenters. The van der Waals surface area contributed by atoms with Crippen LogP contribution in [-0.2, 0) is 9.47 Å². The molecule has 5 aliphatic carbocycles. The lowest BCUT2D eigenvalue weighted by molar-refractivity contribution is -0.0687. The molecule has 0 aromatic rings. The summed E-state index contributed by atoms with van der Waals surface area (Å²) in [5.74, 6) is 1.90. The summed E-state index contributed by atoms with van der Waals surface area (Å²) in [6.07, 6.45) is 7.65. The first-order chi connectivity index (χ1) is 11.4. The van der Waals surface area contributed by atoms with Gasteiger partial charge in [-0.2, -0.15) is 0 Å². The van der Waals surface area contributed by atoms with Crippen LogP contribution in [0.2, 0.25) is 0 Å². The topological polar surface area (TPSA) is 18.5 Å². The molecule has 0 radical (unpaired) electrons. The predicted octanol–water partition coefficient (Wildman–Crippen LogP) is 5.29. The Kier molecular flexibility index (Phi) is 3.82. The van der Waals surface area contributed by atoms with E-state index in [0.717, 1.165) is 12.8 Å². The zero-order valence-corrected chi connectivity index (χ0v) is 16.4. The maximum atomic E-state index is 6.24. The molecule has 0 spiro atoms. The Morgan fingerprint density at radius 3 is 1.96 bits per heavy atom. The fraction of sp³-hybridized carbons (Fsp3) is 0.818. The largest absolute Gasteiger partial charge is 0.374 e. The molecule has 0 N–H and O–H groups in total. The van der Waals surface area contributed by atoms with Gasteiger partial charge in [-0.3, -0.25) is 0 Å². The van der Waals surface area contributed by atoms with Crippen LogP contribution in [0, 0.1) is 23.2 Å². The van der Waals surface area contributed by atoms with E-state index in [1.165, 1.54) is 31.3 Å². The summed E-state index contributed by atoms with van der Waals surface area (Å²) < 4.78 is 12.5. The van der Waals surface area contributed by atoms with Crippen LogP contribution in [0.1, 0.15) is 66.2 Å². The van der Waals surface area contributed by atoms with E-state index < -0.39 is 0 Å². The van der Waals surface area contributed by atoms with Crippen molar-refractivity contribution in [2.24, 2.45) is 23.2 Å². The van der Waals surface area contributed by atoms with Crippen LogP contribution in [0.15, 0.2) is 22.3 Å². The van der Waals surface area contributed by atoms with Gasteiger partial charge >= 0.3 is 0 Å². The van der Waals surface area contributed by atoms with Gasteiger partial charge in [-0.05, 0) is 72.8 Å². The first kappa shape index (κ1) is 16.8. The lowest BCUT2D eigenvalue weighted by Gasteiger charge is -2.60.